The highest BCUT2D eigenvalue weighted by molar-refractivity contribution is 8.00. The van der Waals surface area contributed by atoms with Crippen LogP contribution in [0.4, 0.5) is 5.69 Å². The van der Waals surface area contributed by atoms with Crippen LogP contribution in [0.1, 0.15) is 49.3 Å². The molecule has 2 N–H and O–H groups in total. The third kappa shape index (κ3) is 10.3. The van der Waals surface area contributed by atoms with Crippen LogP contribution in [0.25, 0.3) is 12.2 Å². The number of nitrogens with one attached hydrogen (secondary N) is 2. The molecule has 1 unspecified atom stereocenters. The largest absolute Gasteiger partial charge is 0.379 e. The van der Waals surface area contributed by atoms with Gasteiger partial charge in [-0.05, 0) is 28.5 Å². The molecule has 0 spiro atoms. The molecule has 2 aliphatic rings. The number of carbonyl (C=O) groups excluding carboxylic acids is 5. The highest BCUT2D eigenvalue weighted by Gasteiger charge is 2.38. The standard InChI is InChI=1S/C34H42N4O7S/c1-2-46-29-23-33(42)37(34(29)43)18-14-30(39)36-17-20-45-22-21-44-19-15-31(40)35-16-13-32(41)38-24-27-9-4-3-7-25(27)11-12-26-8-5-6-10-28(26)38/h3-12,29H,2,13-24H2,1H3,(H,35,40)(H,36,39)/b12-11-. The van der Waals surface area contributed by atoms with E-state index in [0.29, 0.717) is 26.3 Å². The third-order valence-corrected chi connectivity index (χ3v) is 8.67. The molecule has 2 aliphatic heterocycles. The van der Waals surface area contributed by atoms with Gasteiger partial charge in [-0.15, -0.1) is 11.8 Å². The zero-order valence-corrected chi connectivity index (χ0v) is 27.0. The molecule has 0 bridgehead atoms. The van der Waals surface area contributed by atoms with Crippen molar-refractivity contribution in [1.29, 1.82) is 0 Å². The Morgan fingerprint density at radius 1 is 0.826 bits per heavy atom. The van der Waals surface area contributed by atoms with Gasteiger partial charge in [-0.25, -0.2) is 0 Å². The summed E-state index contributed by atoms with van der Waals surface area (Å²) >= 11 is 1.45. The van der Waals surface area contributed by atoms with E-state index in [2.05, 4.69) is 16.7 Å². The van der Waals surface area contributed by atoms with Gasteiger partial charge < -0.3 is 25.0 Å². The van der Waals surface area contributed by atoms with Crippen molar-refractivity contribution in [3.05, 3.63) is 65.2 Å². The zero-order valence-electron chi connectivity index (χ0n) is 26.2. The van der Waals surface area contributed by atoms with Crippen LogP contribution >= 0.6 is 11.8 Å². The van der Waals surface area contributed by atoms with E-state index in [1.807, 2.05) is 61.5 Å². The molecule has 0 aromatic heterocycles. The number of ether oxygens (including phenoxy) is 2. The monoisotopic (exact) mass is 650 g/mol. The number of imide groups is 1. The van der Waals surface area contributed by atoms with Gasteiger partial charge in [0.25, 0.3) is 0 Å². The number of benzene rings is 2. The quantitative estimate of drug-likeness (QED) is 0.197. The fourth-order valence-electron chi connectivity index (χ4n) is 5.18. The molecule has 2 aromatic carbocycles. The highest BCUT2D eigenvalue weighted by Crippen LogP contribution is 2.29. The first kappa shape index (κ1) is 34.9. The van der Waals surface area contributed by atoms with Crippen molar-refractivity contribution in [1.82, 2.24) is 15.5 Å². The van der Waals surface area contributed by atoms with Crippen LogP contribution in [0.15, 0.2) is 48.5 Å². The van der Waals surface area contributed by atoms with Gasteiger partial charge in [0.2, 0.25) is 29.5 Å². The number of nitrogens with zero attached hydrogens (tertiary/aromatic N) is 2. The molecular weight excluding hydrogens is 608 g/mol. The minimum atomic E-state index is -0.336. The Hall–Kier alpha value is -4.00. The Morgan fingerprint density at radius 3 is 2.30 bits per heavy atom. The second-order valence-corrected chi connectivity index (χ2v) is 12.3. The molecule has 0 saturated carbocycles. The predicted molar refractivity (Wildman–Crippen MR) is 178 cm³/mol. The lowest BCUT2D eigenvalue weighted by Gasteiger charge is -2.27. The minimum Gasteiger partial charge on any atom is -0.379 e. The number of rotatable bonds is 17. The maximum absolute atomic E-state index is 13.3. The Labute approximate surface area is 274 Å². The number of amides is 5. The van der Waals surface area contributed by atoms with Crippen LogP contribution in [0.2, 0.25) is 0 Å². The maximum Gasteiger partial charge on any atom is 0.242 e. The summed E-state index contributed by atoms with van der Waals surface area (Å²) in [5.74, 6) is -0.209. The van der Waals surface area contributed by atoms with Gasteiger partial charge in [-0.2, -0.15) is 0 Å². The number of carbonyl (C=O) groups is 5. The van der Waals surface area contributed by atoms with Crippen LogP contribution in [0.3, 0.4) is 0 Å². The van der Waals surface area contributed by atoms with Crippen molar-refractivity contribution in [2.75, 3.05) is 56.7 Å². The van der Waals surface area contributed by atoms with E-state index < -0.39 is 0 Å². The first-order valence-corrected chi connectivity index (χ1v) is 16.7. The lowest BCUT2D eigenvalue weighted by Crippen LogP contribution is -2.36. The van der Waals surface area contributed by atoms with Crippen molar-refractivity contribution in [3.8, 4) is 0 Å². The van der Waals surface area contributed by atoms with Gasteiger partial charge in [-0.1, -0.05) is 61.5 Å². The Balaban J connectivity index is 1.03. The van der Waals surface area contributed by atoms with Crippen LogP contribution in [0, 0.1) is 0 Å². The van der Waals surface area contributed by atoms with Crippen LogP contribution in [-0.4, -0.2) is 91.5 Å². The fourth-order valence-corrected chi connectivity index (χ4v) is 6.11. The molecule has 2 heterocycles. The lowest BCUT2D eigenvalue weighted by molar-refractivity contribution is -0.138. The second kappa shape index (κ2) is 18.2. The van der Waals surface area contributed by atoms with Crippen LogP contribution < -0.4 is 15.5 Å². The maximum atomic E-state index is 13.3. The molecule has 1 atom stereocenters. The summed E-state index contributed by atoms with van der Waals surface area (Å²) in [4.78, 5) is 64.8. The van der Waals surface area contributed by atoms with Gasteiger partial charge in [0.15, 0.2) is 0 Å². The average molecular weight is 651 g/mol. The third-order valence-electron chi connectivity index (χ3n) is 7.56. The minimum absolute atomic E-state index is 0.0542. The first-order chi connectivity index (χ1) is 22.4. The summed E-state index contributed by atoms with van der Waals surface area (Å²) in [6.45, 7) is 4.09. The van der Waals surface area contributed by atoms with Crippen molar-refractivity contribution >= 4 is 59.1 Å². The van der Waals surface area contributed by atoms with Crippen molar-refractivity contribution < 1.29 is 33.4 Å². The van der Waals surface area contributed by atoms with Gasteiger partial charge in [0, 0.05) is 45.3 Å². The number of thioether (sulfide) groups is 1. The van der Waals surface area contributed by atoms with Crippen molar-refractivity contribution in [2.45, 2.75) is 44.4 Å². The lowest BCUT2D eigenvalue weighted by atomic mass is 10.0. The number of anilines is 1. The molecule has 1 fully saturated rings. The first-order valence-electron chi connectivity index (χ1n) is 15.7. The normalized spacial score (nSPS) is 16.3. The molecule has 4 rings (SSSR count). The molecule has 11 nitrogen and oxygen atoms in total. The fraction of sp³-hybridized carbons (Fsp3) is 0.441. The molecule has 0 aliphatic carbocycles. The SMILES string of the molecule is CCSC1CC(=O)N(CCC(=O)NCCOCCOCCC(=O)NCCC(=O)N2Cc3ccccc3/C=C\c3ccccc32)C1=O. The van der Waals surface area contributed by atoms with Crippen molar-refractivity contribution in [3.63, 3.8) is 0 Å². The summed E-state index contributed by atoms with van der Waals surface area (Å²) in [6, 6.07) is 15.8. The van der Waals surface area contributed by atoms with E-state index in [-0.39, 0.29) is 86.8 Å². The van der Waals surface area contributed by atoms with Crippen LogP contribution in [0.5, 0.6) is 0 Å². The Morgan fingerprint density at radius 2 is 1.50 bits per heavy atom. The van der Waals surface area contributed by atoms with E-state index in [1.165, 1.54) is 16.7 Å². The van der Waals surface area contributed by atoms with Crippen molar-refractivity contribution in [2.24, 2.45) is 0 Å². The zero-order chi connectivity index (χ0) is 32.7. The highest BCUT2D eigenvalue weighted by atomic mass is 32.2. The molecule has 12 heteroatoms. The number of likely N-dealkylation sites (tertiary alicyclic amines) is 1. The Kier molecular flexibility index (Phi) is 13.8. The summed E-state index contributed by atoms with van der Waals surface area (Å²) < 4.78 is 10.9. The molecule has 246 valence electrons. The predicted octanol–water partition coefficient (Wildman–Crippen LogP) is 3.02. The van der Waals surface area contributed by atoms with Gasteiger partial charge in [0.05, 0.1) is 43.9 Å². The molecule has 46 heavy (non-hydrogen) atoms. The van der Waals surface area contributed by atoms with Gasteiger partial charge >= 0.3 is 0 Å². The van der Waals surface area contributed by atoms with E-state index >= 15 is 0 Å². The number of hydrogen-bond acceptors (Lipinski definition) is 8. The summed E-state index contributed by atoms with van der Waals surface area (Å²) in [7, 11) is 0. The van der Waals surface area contributed by atoms with Crippen LogP contribution in [-0.2, 0) is 40.0 Å². The topological polar surface area (TPSA) is 134 Å². The van der Waals surface area contributed by atoms with E-state index in [9.17, 15) is 24.0 Å². The number of hydrogen-bond donors (Lipinski definition) is 2. The van der Waals surface area contributed by atoms with Gasteiger partial charge in [-0.3, -0.25) is 28.9 Å². The van der Waals surface area contributed by atoms with E-state index in [1.54, 1.807) is 4.90 Å². The molecule has 2 aromatic rings. The Bertz CT molecular complexity index is 1420. The van der Waals surface area contributed by atoms with E-state index in [0.717, 1.165) is 28.1 Å². The summed E-state index contributed by atoms with van der Waals surface area (Å²) in [6.07, 6.45) is 4.68. The average Bonchev–Trinajstić information content (AvgIpc) is 3.31. The molecule has 0 radical (unpaired) electrons. The van der Waals surface area contributed by atoms with Gasteiger partial charge in [0.1, 0.15) is 0 Å². The number of fused-ring (bicyclic) bond motifs is 2. The summed E-state index contributed by atoms with van der Waals surface area (Å²) in [5, 5.41) is 5.18. The second-order valence-electron chi connectivity index (χ2n) is 10.8. The molecule has 5 amide bonds. The molecular formula is C34H42N4O7S. The van der Waals surface area contributed by atoms with E-state index in [4.69, 9.17) is 9.47 Å². The summed E-state index contributed by atoms with van der Waals surface area (Å²) in [5.41, 5.74) is 3.94. The molecule has 1 saturated heterocycles. The number of para-hydroxylation sites is 1. The smallest absolute Gasteiger partial charge is 0.242 e.